The first-order valence-electron chi connectivity index (χ1n) is 5.81. The topological polar surface area (TPSA) is 109 Å². The summed E-state index contributed by atoms with van der Waals surface area (Å²) in [6, 6.07) is 7.32. The number of carbonyl (C=O) groups is 1. The lowest BCUT2D eigenvalue weighted by molar-refractivity contribution is -0.113. The van der Waals surface area contributed by atoms with Gasteiger partial charge < -0.3 is 0 Å². The lowest BCUT2D eigenvalue weighted by atomic mass is 10.2. The van der Waals surface area contributed by atoms with Crippen LogP contribution in [0.2, 0.25) is 0 Å². The van der Waals surface area contributed by atoms with E-state index in [2.05, 4.69) is 0 Å². The minimum Gasteiger partial charge on any atom is -0.295 e. The molecule has 21 heavy (non-hydrogen) atoms. The second kappa shape index (κ2) is 5.90. The van der Waals surface area contributed by atoms with Crippen molar-refractivity contribution in [2.45, 2.75) is 11.3 Å². The van der Waals surface area contributed by atoms with Gasteiger partial charge in [-0.05, 0) is 24.3 Å². The molecule has 0 bridgehead atoms. The summed E-state index contributed by atoms with van der Waals surface area (Å²) in [5.41, 5.74) is 0. The van der Waals surface area contributed by atoms with E-state index >= 15 is 0 Å². The van der Waals surface area contributed by atoms with Crippen molar-refractivity contribution in [3.63, 3.8) is 0 Å². The van der Waals surface area contributed by atoms with Crippen LogP contribution in [0.15, 0.2) is 58.4 Å². The summed E-state index contributed by atoms with van der Waals surface area (Å²) in [6.45, 7) is 0. The molecule has 0 atom stereocenters. The summed E-state index contributed by atoms with van der Waals surface area (Å²) in [6.07, 6.45) is 3.41. The molecule has 0 saturated carbocycles. The Morgan fingerprint density at radius 1 is 0.857 bits per heavy atom. The largest absolute Gasteiger partial charge is 0.295 e. The number of ketones is 1. The number of sulfonamides is 2. The van der Waals surface area contributed by atoms with Crippen LogP contribution >= 0.6 is 0 Å². The Morgan fingerprint density at radius 2 is 1.48 bits per heavy atom. The standard InChI is InChI=1S/C12H12N2O5S2/c15-10-6-8-12(9-7-10)21(18,19)14-13-20(16,17)11-4-2-1-3-5-11/h1-6,8-9,13-14H,7H2. The van der Waals surface area contributed by atoms with Crippen LogP contribution < -0.4 is 9.66 Å². The molecule has 1 aliphatic rings. The summed E-state index contributed by atoms with van der Waals surface area (Å²) in [5, 5.41) is 0. The second-order valence-electron chi connectivity index (χ2n) is 4.13. The van der Waals surface area contributed by atoms with E-state index in [1.807, 2.05) is 0 Å². The van der Waals surface area contributed by atoms with Gasteiger partial charge >= 0.3 is 0 Å². The van der Waals surface area contributed by atoms with Crippen molar-refractivity contribution in [1.29, 1.82) is 0 Å². The first-order valence-corrected chi connectivity index (χ1v) is 8.78. The third-order valence-electron chi connectivity index (χ3n) is 2.61. The Labute approximate surface area is 122 Å². The van der Waals surface area contributed by atoms with Gasteiger partial charge in [-0.3, -0.25) is 4.79 Å². The Morgan fingerprint density at radius 3 is 2.05 bits per heavy atom. The summed E-state index contributed by atoms with van der Waals surface area (Å²) in [4.78, 5) is 14.3. The quantitative estimate of drug-likeness (QED) is 0.751. The van der Waals surface area contributed by atoms with Crippen LogP contribution in [0.4, 0.5) is 0 Å². The van der Waals surface area contributed by atoms with E-state index in [1.165, 1.54) is 30.3 Å². The number of benzene rings is 1. The second-order valence-corrected chi connectivity index (χ2v) is 7.50. The van der Waals surface area contributed by atoms with Gasteiger partial charge in [0, 0.05) is 6.42 Å². The van der Waals surface area contributed by atoms with Crippen molar-refractivity contribution < 1.29 is 21.6 Å². The van der Waals surface area contributed by atoms with Crippen LogP contribution in [-0.4, -0.2) is 22.6 Å². The molecule has 112 valence electrons. The number of hydrogen-bond acceptors (Lipinski definition) is 5. The first kappa shape index (κ1) is 15.6. The third-order valence-corrected chi connectivity index (χ3v) is 5.30. The minimum atomic E-state index is -4.07. The monoisotopic (exact) mass is 328 g/mol. The fourth-order valence-electron chi connectivity index (χ4n) is 1.54. The fourth-order valence-corrected chi connectivity index (χ4v) is 3.72. The number of rotatable bonds is 5. The Bertz CT molecular complexity index is 808. The summed E-state index contributed by atoms with van der Waals surface area (Å²) in [7, 11) is -8.07. The van der Waals surface area contributed by atoms with E-state index in [0.29, 0.717) is 0 Å². The van der Waals surface area contributed by atoms with Gasteiger partial charge in [0.05, 0.1) is 9.80 Å². The van der Waals surface area contributed by atoms with Gasteiger partial charge in [-0.1, -0.05) is 24.3 Å². The van der Waals surface area contributed by atoms with Crippen molar-refractivity contribution in [3.05, 3.63) is 53.5 Å². The Hall–Kier alpha value is -1.81. The Kier molecular flexibility index (Phi) is 4.37. The fraction of sp³-hybridized carbons (Fsp3) is 0.0833. The number of hydrogen-bond donors (Lipinski definition) is 2. The molecular weight excluding hydrogens is 316 g/mol. The molecule has 1 aromatic rings. The maximum atomic E-state index is 11.9. The van der Waals surface area contributed by atoms with Crippen LogP contribution in [-0.2, 0) is 24.8 Å². The smallest absolute Gasteiger partial charge is 0.254 e. The van der Waals surface area contributed by atoms with Gasteiger partial charge in [-0.2, -0.15) is 0 Å². The average molecular weight is 328 g/mol. The Balaban J connectivity index is 2.13. The van der Waals surface area contributed by atoms with Gasteiger partial charge in [-0.15, -0.1) is 9.66 Å². The van der Waals surface area contributed by atoms with Gasteiger partial charge in [0.25, 0.3) is 20.0 Å². The van der Waals surface area contributed by atoms with E-state index in [0.717, 1.165) is 12.2 Å². The molecule has 2 rings (SSSR count). The molecule has 2 N–H and O–H groups in total. The lowest BCUT2D eigenvalue weighted by Crippen LogP contribution is -2.41. The highest BCUT2D eigenvalue weighted by molar-refractivity contribution is 7.95. The zero-order valence-electron chi connectivity index (χ0n) is 10.7. The van der Waals surface area contributed by atoms with Crippen LogP contribution in [0.5, 0.6) is 0 Å². The maximum Gasteiger partial charge on any atom is 0.254 e. The molecule has 7 nitrogen and oxygen atoms in total. The molecule has 1 aromatic carbocycles. The number of hydrazine groups is 1. The highest BCUT2D eigenvalue weighted by Crippen LogP contribution is 2.13. The third kappa shape index (κ3) is 3.85. The molecule has 0 aliphatic heterocycles. The van der Waals surface area contributed by atoms with E-state index in [4.69, 9.17) is 0 Å². The molecule has 0 aromatic heterocycles. The number of nitrogens with one attached hydrogen (secondary N) is 2. The van der Waals surface area contributed by atoms with E-state index < -0.39 is 20.0 Å². The van der Waals surface area contributed by atoms with Gasteiger partial charge in [0.2, 0.25) is 0 Å². The zero-order valence-corrected chi connectivity index (χ0v) is 12.3. The van der Waals surface area contributed by atoms with Crippen LogP contribution in [0.3, 0.4) is 0 Å². The van der Waals surface area contributed by atoms with Crippen molar-refractivity contribution in [2.75, 3.05) is 0 Å². The van der Waals surface area contributed by atoms with Gasteiger partial charge in [0.1, 0.15) is 0 Å². The molecule has 0 saturated heterocycles. The van der Waals surface area contributed by atoms with Crippen LogP contribution in [0.25, 0.3) is 0 Å². The van der Waals surface area contributed by atoms with E-state index in [1.54, 1.807) is 15.7 Å². The average Bonchev–Trinajstić information content (AvgIpc) is 2.47. The van der Waals surface area contributed by atoms with Crippen molar-refractivity contribution in [2.24, 2.45) is 0 Å². The molecule has 0 fully saturated rings. The highest BCUT2D eigenvalue weighted by atomic mass is 32.2. The number of carbonyl (C=O) groups excluding carboxylic acids is 1. The molecule has 0 radical (unpaired) electrons. The molecule has 0 spiro atoms. The van der Waals surface area contributed by atoms with Crippen LogP contribution in [0, 0.1) is 0 Å². The molecule has 0 amide bonds. The van der Waals surface area contributed by atoms with Crippen molar-refractivity contribution in [1.82, 2.24) is 9.66 Å². The molecular formula is C12H12N2O5S2. The van der Waals surface area contributed by atoms with E-state index in [9.17, 15) is 21.6 Å². The lowest BCUT2D eigenvalue weighted by Gasteiger charge is -2.11. The van der Waals surface area contributed by atoms with Crippen molar-refractivity contribution >= 4 is 25.8 Å². The normalized spacial score (nSPS) is 15.8. The predicted octanol–water partition coefficient (Wildman–Crippen LogP) is 0.212. The van der Waals surface area contributed by atoms with Crippen molar-refractivity contribution in [3.8, 4) is 0 Å². The maximum absolute atomic E-state index is 11.9. The molecule has 0 unspecified atom stereocenters. The summed E-state index contributed by atoms with van der Waals surface area (Å²) in [5.74, 6) is -0.223. The minimum absolute atomic E-state index is 0.0435. The first-order chi connectivity index (χ1) is 9.81. The summed E-state index contributed by atoms with van der Waals surface area (Å²) < 4.78 is 47.6. The predicted molar refractivity (Wildman–Crippen MR) is 75.7 cm³/mol. The SMILES string of the molecule is O=C1C=CC(S(=O)(=O)NNS(=O)(=O)c2ccccc2)=CC1. The zero-order chi connectivity index (χ0) is 15.5. The van der Waals surface area contributed by atoms with Gasteiger partial charge in [0.15, 0.2) is 5.78 Å². The van der Waals surface area contributed by atoms with Gasteiger partial charge in [-0.25, -0.2) is 16.8 Å². The summed E-state index contributed by atoms with van der Waals surface area (Å²) >= 11 is 0. The highest BCUT2D eigenvalue weighted by Gasteiger charge is 2.21. The van der Waals surface area contributed by atoms with Crippen LogP contribution in [0.1, 0.15) is 6.42 Å². The molecule has 1 aliphatic carbocycles. The number of allylic oxidation sites excluding steroid dienone is 3. The molecule has 0 heterocycles. The van der Waals surface area contributed by atoms with E-state index in [-0.39, 0.29) is 22.0 Å². The molecule has 9 heteroatoms.